The second-order valence-electron chi connectivity index (χ2n) is 4.47. The molecule has 0 aliphatic carbocycles. The molecule has 0 saturated carbocycles. The number of phenols is 1. The number of hydrogen-bond acceptors (Lipinski definition) is 3. The summed E-state index contributed by atoms with van der Waals surface area (Å²) >= 11 is 0. The number of nitrogen functional groups attached to an aromatic ring is 1. The predicted octanol–water partition coefficient (Wildman–Crippen LogP) is 2.50. The summed E-state index contributed by atoms with van der Waals surface area (Å²) < 4.78 is 1.59. The second kappa shape index (κ2) is 4.13. The summed E-state index contributed by atoms with van der Waals surface area (Å²) in [5.41, 5.74) is 8.35. The number of nitrogens with zero attached hydrogens (tertiary/aromatic N) is 2. The maximum absolute atomic E-state index is 10.3. The Kier molecular flexibility index (Phi) is 2.79. The Morgan fingerprint density at radius 3 is 2.53 bits per heavy atom. The predicted molar refractivity (Wildman–Crippen MR) is 68.8 cm³/mol. The first-order valence-corrected chi connectivity index (χ1v) is 5.62. The molecule has 0 radical (unpaired) electrons. The molecule has 2 aromatic rings. The van der Waals surface area contributed by atoms with Crippen LogP contribution >= 0.6 is 0 Å². The van der Waals surface area contributed by atoms with Gasteiger partial charge in [-0.2, -0.15) is 5.10 Å². The minimum Gasteiger partial charge on any atom is -0.507 e. The van der Waals surface area contributed by atoms with E-state index in [1.165, 1.54) is 0 Å². The number of anilines is 1. The highest BCUT2D eigenvalue weighted by Gasteiger charge is 2.15. The highest BCUT2D eigenvalue weighted by Crippen LogP contribution is 2.37. The number of rotatable bonds is 2. The number of aromatic hydroxyl groups is 1. The van der Waals surface area contributed by atoms with Gasteiger partial charge in [0.2, 0.25) is 0 Å². The van der Waals surface area contributed by atoms with Gasteiger partial charge in [0.15, 0.2) is 0 Å². The summed E-state index contributed by atoms with van der Waals surface area (Å²) in [6.07, 6.45) is 1.68. The highest BCUT2D eigenvalue weighted by atomic mass is 16.3. The molecule has 0 fully saturated rings. The van der Waals surface area contributed by atoms with Gasteiger partial charge in [0.25, 0.3) is 0 Å². The van der Waals surface area contributed by atoms with Crippen molar-refractivity contribution in [1.29, 1.82) is 0 Å². The molecule has 0 atom stereocenters. The lowest BCUT2D eigenvalue weighted by atomic mass is 9.96. The quantitative estimate of drug-likeness (QED) is 0.834. The van der Waals surface area contributed by atoms with E-state index in [9.17, 15) is 5.11 Å². The minimum absolute atomic E-state index is 0.271. The molecule has 0 unspecified atom stereocenters. The Balaban J connectivity index is 2.61. The lowest BCUT2D eigenvalue weighted by Crippen LogP contribution is -1.98. The first kappa shape index (κ1) is 11.5. The van der Waals surface area contributed by atoms with E-state index < -0.39 is 0 Å². The van der Waals surface area contributed by atoms with Crippen LogP contribution in [0.25, 0.3) is 11.1 Å². The first-order chi connectivity index (χ1) is 8.02. The van der Waals surface area contributed by atoms with E-state index >= 15 is 0 Å². The van der Waals surface area contributed by atoms with Gasteiger partial charge in [-0.25, -0.2) is 0 Å². The van der Waals surface area contributed by atoms with Gasteiger partial charge >= 0.3 is 0 Å². The van der Waals surface area contributed by atoms with Crippen LogP contribution in [0.2, 0.25) is 0 Å². The standard InChI is InChI=1S/C13H17N3O/c1-8(2)9-5-4-6-10(12(9)17)11-7-15-16(3)13(11)14/h4-8,17H,14H2,1-3H3. The van der Waals surface area contributed by atoms with Gasteiger partial charge in [0, 0.05) is 18.2 Å². The van der Waals surface area contributed by atoms with E-state index in [1.54, 1.807) is 17.9 Å². The van der Waals surface area contributed by atoms with Crippen molar-refractivity contribution in [3.8, 4) is 16.9 Å². The molecule has 1 aromatic carbocycles. The van der Waals surface area contributed by atoms with Crippen LogP contribution in [0.3, 0.4) is 0 Å². The zero-order valence-corrected chi connectivity index (χ0v) is 10.3. The van der Waals surface area contributed by atoms with Crippen molar-refractivity contribution in [2.24, 2.45) is 7.05 Å². The fourth-order valence-electron chi connectivity index (χ4n) is 1.90. The van der Waals surface area contributed by atoms with Gasteiger partial charge < -0.3 is 10.8 Å². The van der Waals surface area contributed by atoms with E-state index in [-0.39, 0.29) is 5.92 Å². The molecular formula is C13H17N3O. The van der Waals surface area contributed by atoms with Crippen LogP contribution in [0.4, 0.5) is 5.82 Å². The van der Waals surface area contributed by atoms with Crippen molar-refractivity contribution >= 4 is 5.82 Å². The number of para-hydroxylation sites is 1. The Hall–Kier alpha value is -1.97. The maximum atomic E-state index is 10.3. The third-order valence-corrected chi connectivity index (χ3v) is 2.96. The SMILES string of the molecule is CC(C)c1cccc(-c2cnn(C)c2N)c1O. The van der Waals surface area contributed by atoms with Crippen LogP contribution in [-0.2, 0) is 7.05 Å². The molecule has 0 saturated heterocycles. The number of nitrogens with two attached hydrogens (primary N) is 1. The fourth-order valence-corrected chi connectivity index (χ4v) is 1.90. The van der Waals surface area contributed by atoms with Gasteiger partial charge in [-0.15, -0.1) is 0 Å². The zero-order chi connectivity index (χ0) is 12.6. The zero-order valence-electron chi connectivity index (χ0n) is 10.3. The lowest BCUT2D eigenvalue weighted by molar-refractivity contribution is 0.467. The van der Waals surface area contributed by atoms with Crippen molar-refractivity contribution in [3.05, 3.63) is 30.0 Å². The van der Waals surface area contributed by atoms with Crippen molar-refractivity contribution < 1.29 is 5.11 Å². The second-order valence-corrected chi connectivity index (χ2v) is 4.47. The third kappa shape index (κ3) is 1.86. The molecule has 2 rings (SSSR count). The maximum Gasteiger partial charge on any atom is 0.129 e. The molecule has 1 heterocycles. The summed E-state index contributed by atoms with van der Waals surface area (Å²) in [6, 6.07) is 5.71. The van der Waals surface area contributed by atoms with E-state index in [4.69, 9.17) is 5.73 Å². The molecule has 17 heavy (non-hydrogen) atoms. The number of phenolic OH excluding ortho intramolecular Hbond substituents is 1. The molecule has 0 aliphatic rings. The van der Waals surface area contributed by atoms with Crippen molar-refractivity contribution in [2.75, 3.05) is 5.73 Å². The lowest BCUT2D eigenvalue weighted by Gasteiger charge is -2.11. The molecular weight excluding hydrogens is 214 g/mol. The fraction of sp³-hybridized carbons (Fsp3) is 0.308. The topological polar surface area (TPSA) is 64.1 Å². The van der Waals surface area contributed by atoms with Gasteiger partial charge in [-0.3, -0.25) is 4.68 Å². The summed E-state index contributed by atoms with van der Waals surface area (Å²) in [4.78, 5) is 0. The first-order valence-electron chi connectivity index (χ1n) is 5.62. The molecule has 0 aliphatic heterocycles. The van der Waals surface area contributed by atoms with Crippen LogP contribution in [0.1, 0.15) is 25.3 Å². The Morgan fingerprint density at radius 2 is 2.00 bits per heavy atom. The largest absolute Gasteiger partial charge is 0.507 e. The average Bonchev–Trinajstić information content (AvgIpc) is 2.60. The molecule has 0 spiro atoms. The van der Waals surface area contributed by atoms with Crippen LogP contribution in [0, 0.1) is 0 Å². The van der Waals surface area contributed by atoms with Gasteiger partial charge in [-0.05, 0) is 11.5 Å². The number of aromatic nitrogens is 2. The Morgan fingerprint density at radius 1 is 1.29 bits per heavy atom. The summed E-state index contributed by atoms with van der Waals surface area (Å²) in [5.74, 6) is 1.12. The van der Waals surface area contributed by atoms with Crippen LogP contribution in [0.5, 0.6) is 5.75 Å². The van der Waals surface area contributed by atoms with Gasteiger partial charge in [0.1, 0.15) is 11.6 Å². The van der Waals surface area contributed by atoms with Crippen molar-refractivity contribution in [2.45, 2.75) is 19.8 Å². The van der Waals surface area contributed by atoms with Gasteiger partial charge in [-0.1, -0.05) is 32.0 Å². The monoisotopic (exact) mass is 231 g/mol. The smallest absolute Gasteiger partial charge is 0.129 e. The van der Waals surface area contributed by atoms with E-state index in [1.807, 2.05) is 32.0 Å². The summed E-state index contributed by atoms with van der Waals surface area (Å²) in [6.45, 7) is 4.09. The molecule has 4 heteroatoms. The summed E-state index contributed by atoms with van der Waals surface area (Å²) in [7, 11) is 1.78. The molecule has 4 nitrogen and oxygen atoms in total. The van der Waals surface area contributed by atoms with E-state index in [0.29, 0.717) is 11.6 Å². The van der Waals surface area contributed by atoms with Crippen LogP contribution in [0.15, 0.2) is 24.4 Å². The minimum atomic E-state index is 0.271. The molecule has 0 bridgehead atoms. The number of benzene rings is 1. The summed E-state index contributed by atoms with van der Waals surface area (Å²) in [5, 5.41) is 14.3. The van der Waals surface area contributed by atoms with E-state index in [0.717, 1.165) is 16.7 Å². The average molecular weight is 231 g/mol. The molecule has 1 aromatic heterocycles. The normalized spacial score (nSPS) is 11.1. The van der Waals surface area contributed by atoms with Crippen molar-refractivity contribution in [3.63, 3.8) is 0 Å². The number of aryl methyl sites for hydroxylation is 1. The van der Waals surface area contributed by atoms with Crippen LogP contribution < -0.4 is 5.73 Å². The Bertz CT molecular complexity index is 544. The third-order valence-electron chi connectivity index (χ3n) is 2.96. The Labute approximate surface area is 101 Å². The number of hydrogen-bond donors (Lipinski definition) is 2. The van der Waals surface area contributed by atoms with Gasteiger partial charge in [0.05, 0.1) is 6.20 Å². The highest BCUT2D eigenvalue weighted by molar-refractivity contribution is 5.79. The van der Waals surface area contributed by atoms with Crippen molar-refractivity contribution in [1.82, 2.24) is 9.78 Å². The van der Waals surface area contributed by atoms with Crippen LogP contribution in [-0.4, -0.2) is 14.9 Å². The molecule has 90 valence electrons. The van der Waals surface area contributed by atoms with E-state index in [2.05, 4.69) is 5.10 Å². The molecule has 0 amide bonds. The molecule has 3 N–H and O–H groups in total.